The summed E-state index contributed by atoms with van der Waals surface area (Å²) in [5, 5.41) is 9.17. The van der Waals surface area contributed by atoms with Gasteiger partial charge in [-0.15, -0.1) is 0 Å². The van der Waals surface area contributed by atoms with Crippen LogP contribution in [-0.2, 0) is 28.9 Å². The van der Waals surface area contributed by atoms with Crippen LogP contribution in [0.4, 0.5) is 0 Å². The molecule has 1 N–H and O–H groups in total. The Morgan fingerprint density at radius 1 is 1.04 bits per heavy atom. The lowest BCUT2D eigenvalue weighted by Gasteiger charge is -2.34. The molecule has 0 spiro atoms. The fraction of sp³-hybridized carbons (Fsp3) is 0.300. The number of rotatable bonds is 2. The van der Waals surface area contributed by atoms with Gasteiger partial charge in [0, 0.05) is 13.1 Å². The molecule has 0 aliphatic carbocycles. The predicted molar refractivity (Wildman–Crippen MR) is 91.4 cm³/mol. The summed E-state index contributed by atoms with van der Waals surface area (Å²) in [6.45, 7) is 1.60. The number of amides is 1. The van der Waals surface area contributed by atoms with Crippen molar-refractivity contribution in [2.24, 2.45) is 0 Å². The van der Waals surface area contributed by atoms with Crippen molar-refractivity contribution >= 4 is 11.9 Å². The highest BCUT2D eigenvalue weighted by Crippen LogP contribution is 2.30. The van der Waals surface area contributed by atoms with E-state index in [-0.39, 0.29) is 11.5 Å². The summed E-state index contributed by atoms with van der Waals surface area (Å²) in [7, 11) is 0. The zero-order chi connectivity index (χ0) is 17.4. The Labute approximate surface area is 145 Å². The van der Waals surface area contributed by atoms with E-state index in [1.165, 1.54) is 0 Å². The van der Waals surface area contributed by atoms with Crippen molar-refractivity contribution in [3.8, 4) is 0 Å². The Bertz CT molecular complexity index is 845. The molecule has 2 aliphatic rings. The first-order valence-electron chi connectivity index (χ1n) is 8.47. The largest absolute Gasteiger partial charge is 0.478 e. The number of hydrogen-bond acceptors (Lipinski definition) is 3. The maximum atomic E-state index is 13.0. The van der Waals surface area contributed by atoms with E-state index in [2.05, 4.69) is 0 Å². The Hall–Kier alpha value is -2.66. The molecule has 1 unspecified atom stereocenters. The zero-order valence-electron chi connectivity index (χ0n) is 13.8. The van der Waals surface area contributed by atoms with Crippen molar-refractivity contribution in [2.75, 3.05) is 13.2 Å². The van der Waals surface area contributed by atoms with Crippen LogP contribution in [0.3, 0.4) is 0 Å². The maximum absolute atomic E-state index is 13.0. The molecule has 4 rings (SSSR count). The molecule has 0 saturated carbocycles. The number of hydrogen-bond donors (Lipinski definition) is 1. The summed E-state index contributed by atoms with van der Waals surface area (Å²) in [6.07, 6.45) is 0.995. The minimum absolute atomic E-state index is 0.0430. The van der Waals surface area contributed by atoms with Crippen molar-refractivity contribution in [3.63, 3.8) is 0 Å². The Morgan fingerprint density at radius 2 is 1.88 bits per heavy atom. The lowest BCUT2D eigenvalue weighted by molar-refractivity contribution is -0.146. The van der Waals surface area contributed by atoms with E-state index in [1.54, 1.807) is 17.0 Å². The lowest BCUT2D eigenvalue weighted by atomic mass is 9.94. The fourth-order valence-electron chi connectivity index (χ4n) is 3.64. The first-order chi connectivity index (χ1) is 12.1. The molecule has 1 atom stereocenters. The quantitative estimate of drug-likeness (QED) is 0.915. The molecular formula is C20H19NO4. The van der Waals surface area contributed by atoms with Crippen LogP contribution in [-0.4, -0.2) is 35.0 Å². The minimum atomic E-state index is -0.948. The van der Waals surface area contributed by atoms with E-state index < -0.39 is 12.1 Å². The van der Waals surface area contributed by atoms with Crippen LogP contribution < -0.4 is 0 Å². The van der Waals surface area contributed by atoms with Gasteiger partial charge in [-0.1, -0.05) is 30.3 Å². The van der Waals surface area contributed by atoms with Crippen LogP contribution in [0.5, 0.6) is 0 Å². The Morgan fingerprint density at radius 3 is 2.72 bits per heavy atom. The second kappa shape index (κ2) is 6.33. The number of benzene rings is 2. The molecule has 0 bridgehead atoms. The van der Waals surface area contributed by atoms with Crippen molar-refractivity contribution in [2.45, 2.75) is 25.5 Å². The number of carboxylic acid groups (broad SMARTS) is 1. The monoisotopic (exact) mass is 337 g/mol. The summed E-state index contributed by atoms with van der Waals surface area (Å²) >= 11 is 0. The minimum Gasteiger partial charge on any atom is -0.478 e. The third-order valence-electron chi connectivity index (χ3n) is 4.99. The van der Waals surface area contributed by atoms with Gasteiger partial charge in [0.05, 0.1) is 12.2 Å². The number of ether oxygens (including phenoxy) is 1. The van der Waals surface area contributed by atoms with Crippen molar-refractivity contribution < 1.29 is 19.4 Å². The third kappa shape index (κ3) is 2.91. The summed E-state index contributed by atoms with van der Waals surface area (Å²) in [6, 6.07) is 13.1. The van der Waals surface area contributed by atoms with Gasteiger partial charge < -0.3 is 14.7 Å². The molecule has 0 fully saturated rings. The number of aromatic carboxylic acids is 1. The molecule has 2 aromatic rings. The SMILES string of the molecule is O=C(O)c1ccc2c(c1)CN(C(=O)C1OCCc3ccccc31)CC2. The highest BCUT2D eigenvalue weighted by molar-refractivity contribution is 5.88. The van der Waals surface area contributed by atoms with Crippen LogP contribution in [0.1, 0.15) is 38.7 Å². The van der Waals surface area contributed by atoms with Gasteiger partial charge in [-0.05, 0) is 47.2 Å². The van der Waals surface area contributed by atoms with E-state index >= 15 is 0 Å². The van der Waals surface area contributed by atoms with Gasteiger partial charge in [0.2, 0.25) is 0 Å². The second-order valence-electron chi connectivity index (χ2n) is 6.50. The molecule has 0 aromatic heterocycles. The molecule has 128 valence electrons. The number of fused-ring (bicyclic) bond motifs is 2. The number of nitrogens with zero attached hydrogens (tertiary/aromatic N) is 1. The molecule has 0 saturated heterocycles. The van der Waals surface area contributed by atoms with Crippen LogP contribution in [0, 0.1) is 0 Å². The summed E-state index contributed by atoms with van der Waals surface area (Å²) in [4.78, 5) is 26.0. The molecule has 5 heteroatoms. The predicted octanol–water partition coefficient (Wildman–Crippen LogP) is 2.58. The molecule has 2 aliphatic heterocycles. The average molecular weight is 337 g/mol. The molecule has 1 amide bonds. The van der Waals surface area contributed by atoms with Crippen LogP contribution in [0.15, 0.2) is 42.5 Å². The molecular weight excluding hydrogens is 318 g/mol. The van der Waals surface area contributed by atoms with E-state index in [9.17, 15) is 14.7 Å². The van der Waals surface area contributed by atoms with E-state index in [4.69, 9.17) is 4.74 Å². The van der Waals surface area contributed by atoms with Gasteiger partial charge in [0.15, 0.2) is 6.10 Å². The zero-order valence-corrected chi connectivity index (χ0v) is 13.8. The Balaban J connectivity index is 1.59. The number of carbonyl (C=O) groups is 2. The van der Waals surface area contributed by atoms with Gasteiger partial charge in [-0.25, -0.2) is 4.79 Å². The summed E-state index contributed by atoms with van der Waals surface area (Å²) in [5.74, 6) is -0.991. The van der Waals surface area contributed by atoms with Crippen molar-refractivity contribution in [1.29, 1.82) is 0 Å². The fourth-order valence-corrected chi connectivity index (χ4v) is 3.64. The second-order valence-corrected chi connectivity index (χ2v) is 6.50. The van der Waals surface area contributed by atoms with Crippen LogP contribution in [0.2, 0.25) is 0 Å². The highest BCUT2D eigenvalue weighted by atomic mass is 16.5. The van der Waals surface area contributed by atoms with Gasteiger partial charge in [-0.2, -0.15) is 0 Å². The van der Waals surface area contributed by atoms with Gasteiger partial charge >= 0.3 is 5.97 Å². The lowest BCUT2D eigenvalue weighted by Crippen LogP contribution is -2.41. The molecule has 5 nitrogen and oxygen atoms in total. The average Bonchev–Trinajstić information content (AvgIpc) is 2.66. The number of carbonyl (C=O) groups excluding carboxylic acids is 1. The summed E-state index contributed by atoms with van der Waals surface area (Å²) in [5.41, 5.74) is 4.39. The van der Waals surface area contributed by atoms with Crippen molar-refractivity contribution in [3.05, 3.63) is 70.3 Å². The number of carboxylic acids is 1. The Kier molecular flexibility index (Phi) is 4.01. The van der Waals surface area contributed by atoms with Crippen LogP contribution >= 0.6 is 0 Å². The van der Waals surface area contributed by atoms with E-state index in [0.717, 1.165) is 35.1 Å². The van der Waals surface area contributed by atoms with Gasteiger partial charge in [0.1, 0.15) is 0 Å². The first-order valence-corrected chi connectivity index (χ1v) is 8.47. The van der Waals surface area contributed by atoms with Crippen molar-refractivity contribution in [1.82, 2.24) is 4.90 Å². The van der Waals surface area contributed by atoms with Crippen LogP contribution in [0.25, 0.3) is 0 Å². The third-order valence-corrected chi connectivity index (χ3v) is 4.99. The normalized spacial score (nSPS) is 19.0. The molecule has 25 heavy (non-hydrogen) atoms. The van der Waals surface area contributed by atoms with Gasteiger partial charge in [0.25, 0.3) is 5.91 Å². The molecule has 0 radical (unpaired) electrons. The standard InChI is InChI=1S/C20H19NO4/c22-19(18-17-4-2-1-3-14(17)8-10-25-18)21-9-7-13-5-6-15(20(23)24)11-16(13)12-21/h1-6,11,18H,7-10,12H2,(H,23,24). The van der Waals surface area contributed by atoms with Gasteiger partial charge in [-0.3, -0.25) is 4.79 Å². The summed E-state index contributed by atoms with van der Waals surface area (Å²) < 4.78 is 5.78. The molecule has 2 aromatic carbocycles. The maximum Gasteiger partial charge on any atom is 0.335 e. The smallest absolute Gasteiger partial charge is 0.335 e. The van der Waals surface area contributed by atoms with E-state index in [0.29, 0.717) is 19.7 Å². The highest BCUT2D eigenvalue weighted by Gasteiger charge is 2.32. The first kappa shape index (κ1) is 15.8. The molecule has 2 heterocycles. The van der Waals surface area contributed by atoms with E-state index in [1.807, 2.05) is 30.3 Å². The topological polar surface area (TPSA) is 66.8 Å².